The first-order chi connectivity index (χ1) is 11.1. The molecule has 0 radical (unpaired) electrons. The Morgan fingerprint density at radius 3 is 1.70 bits per heavy atom. The number of hydrogen-bond donors (Lipinski definition) is 1. The summed E-state index contributed by atoms with van der Waals surface area (Å²) in [6.07, 6.45) is 3.64. The van der Waals surface area contributed by atoms with E-state index in [1.807, 2.05) is 60.7 Å². The number of benzene rings is 2. The summed E-state index contributed by atoms with van der Waals surface area (Å²) < 4.78 is 0. The zero-order valence-electron chi connectivity index (χ0n) is 12.9. The molecule has 2 aromatic carbocycles. The number of rotatable bonds is 3. The molecular weight excluding hydrogens is 286 g/mol. The van der Waals surface area contributed by atoms with Crippen molar-refractivity contribution in [3.05, 3.63) is 71.8 Å². The Morgan fingerprint density at radius 1 is 0.870 bits per heavy atom. The van der Waals surface area contributed by atoms with E-state index in [2.05, 4.69) is 6.07 Å². The molecule has 1 N–H and O–H groups in total. The van der Waals surface area contributed by atoms with E-state index in [-0.39, 0.29) is 5.41 Å². The maximum atomic E-state index is 10.9. The van der Waals surface area contributed by atoms with Crippen molar-refractivity contribution in [3.63, 3.8) is 0 Å². The normalized spacial score (nSPS) is 18.7. The highest BCUT2D eigenvalue weighted by atomic mass is 16.4. The van der Waals surface area contributed by atoms with Crippen LogP contribution in [0.1, 0.15) is 36.8 Å². The van der Waals surface area contributed by atoms with Crippen molar-refractivity contribution in [3.8, 4) is 6.07 Å². The first kappa shape index (κ1) is 15.3. The number of aliphatic carboxylic acids is 1. The molecule has 0 atom stereocenters. The van der Waals surface area contributed by atoms with Crippen LogP contribution in [0.2, 0.25) is 0 Å². The van der Waals surface area contributed by atoms with Crippen LogP contribution in [0.15, 0.2) is 60.7 Å². The molecular formula is C20H19NO2. The topological polar surface area (TPSA) is 61.1 Å². The Morgan fingerprint density at radius 2 is 1.35 bits per heavy atom. The quantitative estimate of drug-likeness (QED) is 0.930. The summed E-state index contributed by atoms with van der Waals surface area (Å²) in [6, 6.07) is 21.9. The zero-order chi connectivity index (χ0) is 16.3. The predicted octanol–water partition coefficient (Wildman–Crippen LogP) is 4.04. The molecule has 0 heterocycles. The monoisotopic (exact) mass is 305 g/mol. The average molecular weight is 305 g/mol. The van der Waals surface area contributed by atoms with Crippen molar-refractivity contribution in [2.45, 2.75) is 36.5 Å². The van der Waals surface area contributed by atoms with Crippen LogP contribution in [0.25, 0.3) is 0 Å². The van der Waals surface area contributed by atoms with Crippen molar-refractivity contribution in [2.75, 3.05) is 0 Å². The van der Waals surface area contributed by atoms with Gasteiger partial charge in [-0.15, -0.1) is 0 Å². The summed E-state index contributed by atoms with van der Waals surface area (Å²) in [4.78, 5) is 10.9. The van der Waals surface area contributed by atoms with Crippen molar-refractivity contribution >= 4 is 5.97 Å². The second-order valence-electron chi connectivity index (χ2n) is 6.31. The summed E-state index contributed by atoms with van der Waals surface area (Å²) in [5.41, 5.74) is 1.47. The number of carboxylic acids is 1. The molecule has 3 nitrogen and oxygen atoms in total. The second kappa shape index (κ2) is 5.89. The number of nitrogens with zero attached hydrogens (tertiary/aromatic N) is 1. The average Bonchev–Trinajstić information content (AvgIpc) is 3.51. The standard InChI is InChI=1S/C10H9N.C10H10O2/c11-8-10(6-7-10)9-4-2-1-3-5-9;11-9(12)10(6-7-10)8-4-2-1-3-5-8/h1-5H,6-7H2;1-5H,6-7H2,(H,11,12). The Balaban J connectivity index is 0.000000136. The van der Waals surface area contributed by atoms with Crippen LogP contribution in [0.3, 0.4) is 0 Å². The Hall–Kier alpha value is -2.60. The lowest BCUT2D eigenvalue weighted by Crippen LogP contribution is -2.19. The van der Waals surface area contributed by atoms with Gasteiger partial charge in [0.05, 0.1) is 16.9 Å². The van der Waals surface area contributed by atoms with Gasteiger partial charge in [-0.25, -0.2) is 0 Å². The lowest BCUT2D eigenvalue weighted by Gasteiger charge is -2.08. The lowest BCUT2D eigenvalue weighted by atomic mass is 9.97. The van der Waals surface area contributed by atoms with Gasteiger partial charge in [-0.3, -0.25) is 4.79 Å². The van der Waals surface area contributed by atoms with Crippen molar-refractivity contribution in [2.24, 2.45) is 0 Å². The Labute approximate surface area is 136 Å². The maximum absolute atomic E-state index is 10.9. The molecule has 0 aromatic heterocycles. The van der Waals surface area contributed by atoms with Crippen LogP contribution in [-0.2, 0) is 15.6 Å². The molecule has 0 unspecified atom stereocenters. The van der Waals surface area contributed by atoms with E-state index in [1.165, 1.54) is 5.56 Å². The molecule has 0 aliphatic heterocycles. The lowest BCUT2D eigenvalue weighted by molar-refractivity contribution is -0.140. The summed E-state index contributed by atoms with van der Waals surface area (Å²) in [7, 11) is 0. The third-order valence-corrected chi connectivity index (χ3v) is 4.78. The van der Waals surface area contributed by atoms with E-state index in [9.17, 15) is 4.79 Å². The third kappa shape index (κ3) is 2.98. The molecule has 2 aromatic rings. The fourth-order valence-corrected chi connectivity index (χ4v) is 2.86. The van der Waals surface area contributed by atoms with Gasteiger partial charge in [-0.1, -0.05) is 60.7 Å². The molecule has 0 bridgehead atoms. The fraction of sp³-hybridized carbons (Fsp3) is 0.300. The van der Waals surface area contributed by atoms with Gasteiger partial charge in [0, 0.05) is 0 Å². The minimum atomic E-state index is -0.686. The molecule has 4 rings (SSSR count). The van der Waals surface area contributed by atoms with E-state index < -0.39 is 11.4 Å². The van der Waals surface area contributed by atoms with Gasteiger partial charge in [0.2, 0.25) is 0 Å². The van der Waals surface area contributed by atoms with Gasteiger partial charge >= 0.3 is 5.97 Å². The minimum absolute atomic E-state index is 0.110. The fourth-order valence-electron chi connectivity index (χ4n) is 2.86. The highest BCUT2D eigenvalue weighted by Crippen LogP contribution is 2.48. The van der Waals surface area contributed by atoms with Gasteiger partial charge in [0.1, 0.15) is 0 Å². The number of carbonyl (C=O) groups is 1. The first-order valence-corrected chi connectivity index (χ1v) is 7.89. The van der Waals surface area contributed by atoms with Crippen molar-refractivity contribution in [1.29, 1.82) is 5.26 Å². The molecule has 116 valence electrons. The molecule has 0 amide bonds. The molecule has 0 saturated heterocycles. The molecule has 2 aliphatic carbocycles. The van der Waals surface area contributed by atoms with Crippen LogP contribution >= 0.6 is 0 Å². The van der Waals surface area contributed by atoms with E-state index in [4.69, 9.17) is 10.4 Å². The van der Waals surface area contributed by atoms with Gasteiger partial charge in [0.25, 0.3) is 0 Å². The van der Waals surface area contributed by atoms with Crippen molar-refractivity contribution in [1.82, 2.24) is 0 Å². The number of nitriles is 1. The van der Waals surface area contributed by atoms with Crippen LogP contribution in [-0.4, -0.2) is 11.1 Å². The summed E-state index contributed by atoms with van der Waals surface area (Å²) >= 11 is 0. The molecule has 0 spiro atoms. The van der Waals surface area contributed by atoms with Crippen molar-refractivity contribution < 1.29 is 9.90 Å². The highest BCUT2D eigenvalue weighted by Gasteiger charge is 2.51. The van der Waals surface area contributed by atoms with Crippen LogP contribution in [0.4, 0.5) is 0 Å². The van der Waals surface area contributed by atoms with Crippen LogP contribution in [0.5, 0.6) is 0 Å². The summed E-state index contributed by atoms with van der Waals surface area (Å²) in [6.45, 7) is 0. The Kier molecular flexibility index (Phi) is 3.92. The van der Waals surface area contributed by atoms with E-state index in [0.29, 0.717) is 0 Å². The zero-order valence-corrected chi connectivity index (χ0v) is 12.9. The first-order valence-electron chi connectivity index (χ1n) is 7.89. The molecule has 2 aliphatic rings. The van der Waals surface area contributed by atoms with Gasteiger partial charge in [-0.2, -0.15) is 5.26 Å². The SMILES string of the molecule is N#CC1(c2ccccc2)CC1.O=C(O)C1(c2ccccc2)CC1. The van der Waals surface area contributed by atoms with E-state index in [0.717, 1.165) is 31.2 Å². The third-order valence-electron chi connectivity index (χ3n) is 4.78. The number of hydrogen-bond acceptors (Lipinski definition) is 2. The van der Waals surface area contributed by atoms with Crippen LogP contribution in [0, 0.1) is 11.3 Å². The molecule has 23 heavy (non-hydrogen) atoms. The second-order valence-corrected chi connectivity index (χ2v) is 6.31. The summed E-state index contributed by atoms with van der Waals surface area (Å²) in [5.74, 6) is -0.686. The summed E-state index contributed by atoms with van der Waals surface area (Å²) in [5, 5.41) is 17.8. The predicted molar refractivity (Wildman–Crippen MR) is 88.0 cm³/mol. The smallest absolute Gasteiger partial charge is 0.314 e. The van der Waals surface area contributed by atoms with Gasteiger partial charge in [-0.05, 0) is 36.8 Å². The molecule has 2 fully saturated rings. The van der Waals surface area contributed by atoms with E-state index >= 15 is 0 Å². The molecule has 3 heteroatoms. The maximum Gasteiger partial charge on any atom is 0.314 e. The van der Waals surface area contributed by atoms with Gasteiger partial charge < -0.3 is 5.11 Å². The highest BCUT2D eigenvalue weighted by molar-refractivity contribution is 5.84. The largest absolute Gasteiger partial charge is 0.481 e. The molecule has 2 saturated carbocycles. The van der Waals surface area contributed by atoms with Gasteiger partial charge in [0.15, 0.2) is 0 Å². The number of carboxylic acid groups (broad SMARTS) is 1. The minimum Gasteiger partial charge on any atom is -0.481 e. The Bertz CT molecular complexity index is 723. The van der Waals surface area contributed by atoms with Crippen LogP contribution < -0.4 is 0 Å². The van der Waals surface area contributed by atoms with E-state index in [1.54, 1.807) is 0 Å².